The molecule has 5 nitrogen and oxygen atoms in total. The average Bonchev–Trinajstić information content (AvgIpc) is 1.95. The van der Waals surface area contributed by atoms with Gasteiger partial charge in [0.1, 0.15) is 11.6 Å². The van der Waals surface area contributed by atoms with E-state index < -0.39 is 23.6 Å². The molecular weight excluding hydrogens is 198 g/mol. The van der Waals surface area contributed by atoms with Crippen LogP contribution in [-0.2, 0) is 14.3 Å². The molecule has 0 saturated carbocycles. The molecule has 0 unspecified atom stereocenters. The second kappa shape index (κ2) is 5.11. The van der Waals surface area contributed by atoms with Crippen LogP contribution in [0.4, 0.5) is 0 Å². The van der Waals surface area contributed by atoms with Crippen LogP contribution in [0.15, 0.2) is 0 Å². The molecule has 0 rings (SSSR count). The van der Waals surface area contributed by atoms with E-state index in [9.17, 15) is 9.59 Å². The molecule has 88 valence electrons. The molecule has 1 atom stereocenters. The third kappa shape index (κ3) is 6.06. The number of hydrogen-bond donors (Lipinski definition) is 1. The molecule has 5 heteroatoms. The van der Waals surface area contributed by atoms with Crippen LogP contribution < -0.4 is 0 Å². The van der Waals surface area contributed by atoms with Crippen molar-refractivity contribution in [3.8, 4) is 0 Å². The van der Waals surface area contributed by atoms with E-state index in [1.54, 1.807) is 34.9 Å². The summed E-state index contributed by atoms with van der Waals surface area (Å²) in [4.78, 5) is 23.6. The number of esters is 1. The molecule has 1 N–H and O–H groups in total. The summed E-state index contributed by atoms with van der Waals surface area (Å²) in [6.45, 7) is 5.24. The van der Waals surface area contributed by atoms with E-state index in [-0.39, 0.29) is 6.42 Å². The SMILES string of the molecule is CN(C)[C@@H](CC(=O)OC(C)(C)C)C(=O)O. The van der Waals surface area contributed by atoms with Gasteiger partial charge < -0.3 is 9.84 Å². The molecule has 0 heterocycles. The van der Waals surface area contributed by atoms with E-state index in [4.69, 9.17) is 9.84 Å². The summed E-state index contributed by atoms with van der Waals surface area (Å²) in [5.74, 6) is -1.52. The Labute approximate surface area is 90.0 Å². The van der Waals surface area contributed by atoms with E-state index in [1.807, 2.05) is 0 Å². The highest BCUT2D eigenvalue weighted by molar-refractivity contribution is 5.81. The normalized spacial score (nSPS) is 13.7. The van der Waals surface area contributed by atoms with Gasteiger partial charge in [-0.15, -0.1) is 0 Å². The van der Waals surface area contributed by atoms with Crippen molar-refractivity contribution in [1.82, 2.24) is 4.90 Å². The molecule has 0 spiro atoms. The van der Waals surface area contributed by atoms with Gasteiger partial charge in [0.2, 0.25) is 0 Å². The third-order valence-corrected chi connectivity index (χ3v) is 1.69. The summed E-state index contributed by atoms with van der Waals surface area (Å²) >= 11 is 0. The highest BCUT2D eigenvalue weighted by atomic mass is 16.6. The van der Waals surface area contributed by atoms with Crippen molar-refractivity contribution in [2.45, 2.75) is 38.8 Å². The van der Waals surface area contributed by atoms with Crippen LogP contribution in [0.2, 0.25) is 0 Å². The van der Waals surface area contributed by atoms with Crippen molar-refractivity contribution >= 4 is 11.9 Å². The Kier molecular flexibility index (Phi) is 4.74. The molecule has 0 aliphatic rings. The monoisotopic (exact) mass is 217 g/mol. The Bertz CT molecular complexity index is 242. The van der Waals surface area contributed by atoms with Crippen molar-refractivity contribution in [3.05, 3.63) is 0 Å². The number of aliphatic carboxylic acids is 1. The molecular formula is C10H19NO4. The number of rotatable bonds is 4. The lowest BCUT2D eigenvalue weighted by atomic mass is 10.1. The minimum atomic E-state index is -1.02. The van der Waals surface area contributed by atoms with Gasteiger partial charge in [-0.2, -0.15) is 0 Å². The average molecular weight is 217 g/mol. The highest BCUT2D eigenvalue weighted by Gasteiger charge is 2.26. The van der Waals surface area contributed by atoms with E-state index in [0.29, 0.717) is 0 Å². The number of carbonyl (C=O) groups excluding carboxylic acids is 1. The summed E-state index contributed by atoms with van der Waals surface area (Å²) in [5.41, 5.74) is -0.577. The summed E-state index contributed by atoms with van der Waals surface area (Å²) in [7, 11) is 3.23. The minimum absolute atomic E-state index is 0.139. The van der Waals surface area contributed by atoms with Crippen molar-refractivity contribution in [3.63, 3.8) is 0 Å². The maximum atomic E-state index is 11.4. The maximum Gasteiger partial charge on any atom is 0.321 e. The summed E-state index contributed by atoms with van der Waals surface area (Å²) in [6.07, 6.45) is -0.139. The molecule has 0 aromatic carbocycles. The third-order valence-electron chi connectivity index (χ3n) is 1.69. The Morgan fingerprint density at radius 3 is 2.07 bits per heavy atom. The number of carbonyl (C=O) groups is 2. The van der Waals surface area contributed by atoms with Crippen molar-refractivity contribution in [2.75, 3.05) is 14.1 Å². The molecule has 0 aromatic rings. The van der Waals surface area contributed by atoms with Crippen molar-refractivity contribution in [1.29, 1.82) is 0 Å². The molecule has 0 radical (unpaired) electrons. The number of likely N-dealkylation sites (N-methyl/N-ethyl adjacent to an activating group) is 1. The number of carboxylic acid groups (broad SMARTS) is 1. The fourth-order valence-electron chi connectivity index (χ4n) is 1.03. The van der Waals surface area contributed by atoms with Crippen molar-refractivity contribution in [2.24, 2.45) is 0 Å². The predicted molar refractivity (Wildman–Crippen MR) is 55.6 cm³/mol. The predicted octanol–water partition coefficient (Wildman–Crippen LogP) is 0.733. The molecule has 0 fully saturated rings. The minimum Gasteiger partial charge on any atom is -0.480 e. The topological polar surface area (TPSA) is 66.8 Å². The van der Waals surface area contributed by atoms with Gasteiger partial charge in [-0.1, -0.05) is 0 Å². The molecule has 0 saturated heterocycles. The van der Waals surface area contributed by atoms with Gasteiger partial charge in [0, 0.05) is 0 Å². The Balaban J connectivity index is 4.31. The van der Waals surface area contributed by atoms with Crippen LogP contribution in [0.1, 0.15) is 27.2 Å². The van der Waals surface area contributed by atoms with Gasteiger partial charge in [0.25, 0.3) is 0 Å². The Morgan fingerprint density at radius 2 is 1.80 bits per heavy atom. The Morgan fingerprint density at radius 1 is 1.33 bits per heavy atom. The number of hydrogen-bond acceptors (Lipinski definition) is 4. The number of ether oxygens (including phenoxy) is 1. The lowest BCUT2D eigenvalue weighted by Gasteiger charge is -2.23. The largest absolute Gasteiger partial charge is 0.480 e. The summed E-state index contributed by atoms with van der Waals surface area (Å²) in [6, 6.07) is -0.833. The Hall–Kier alpha value is -1.10. The fourth-order valence-corrected chi connectivity index (χ4v) is 1.03. The van der Waals surface area contributed by atoms with E-state index in [1.165, 1.54) is 4.90 Å². The lowest BCUT2D eigenvalue weighted by Crippen LogP contribution is -2.39. The van der Waals surface area contributed by atoms with Gasteiger partial charge >= 0.3 is 11.9 Å². The second-order valence-electron chi connectivity index (χ2n) is 4.61. The number of nitrogens with zero attached hydrogens (tertiary/aromatic N) is 1. The van der Waals surface area contributed by atoms with Gasteiger partial charge in [0.05, 0.1) is 6.42 Å². The first kappa shape index (κ1) is 13.9. The van der Waals surface area contributed by atoms with E-state index >= 15 is 0 Å². The molecule has 0 bridgehead atoms. The molecule has 0 aliphatic carbocycles. The highest BCUT2D eigenvalue weighted by Crippen LogP contribution is 2.10. The van der Waals surface area contributed by atoms with Crippen LogP contribution in [0.3, 0.4) is 0 Å². The van der Waals surface area contributed by atoms with Crippen molar-refractivity contribution < 1.29 is 19.4 Å². The van der Waals surface area contributed by atoms with Gasteiger partial charge in [-0.3, -0.25) is 14.5 Å². The van der Waals surface area contributed by atoms with Gasteiger partial charge in [0.15, 0.2) is 0 Å². The first-order valence-corrected chi connectivity index (χ1v) is 4.74. The zero-order valence-corrected chi connectivity index (χ0v) is 9.90. The standard InChI is InChI=1S/C10H19NO4/c1-10(2,3)15-8(12)6-7(9(13)14)11(4)5/h7H,6H2,1-5H3,(H,13,14)/t7-/m0/s1. The summed E-state index contributed by atoms with van der Waals surface area (Å²) in [5, 5.41) is 8.84. The maximum absolute atomic E-state index is 11.4. The fraction of sp³-hybridized carbons (Fsp3) is 0.800. The molecule has 0 aliphatic heterocycles. The van der Waals surface area contributed by atoms with Gasteiger partial charge in [-0.05, 0) is 34.9 Å². The first-order valence-electron chi connectivity index (χ1n) is 4.74. The van der Waals surface area contributed by atoms with Crippen LogP contribution >= 0.6 is 0 Å². The zero-order valence-electron chi connectivity index (χ0n) is 9.90. The zero-order chi connectivity index (χ0) is 12.2. The van der Waals surface area contributed by atoms with Crippen LogP contribution in [0.25, 0.3) is 0 Å². The van der Waals surface area contributed by atoms with Crippen LogP contribution in [-0.4, -0.2) is 47.7 Å². The van der Waals surface area contributed by atoms with E-state index in [2.05, 4.69) is 0 Å². The van der Waals surface area contributed by atoms with Crippen LogP contribution in [0, 0.1) is 0 Å². The lowest BCUT2D eigenvalue weighted by molar-refractivity contribution is -0.160. The smallest absolute Gasteiger partial charge is 0.321 e. The molecule has 0 aromatic heterocycles. The summed E-state index contributed by atoms with van der Waals surface area (Å²) < 4.78 is 5.04. The molecule has 15 heavy (non-hydrogen) atoms. The quantitative estimate of drug-likeness (QED) is 0.703. The van der Waals surface area contributed by atoms with Gasteiger partial charge in [-0.25, -0.2) is 0 Å². The molecule has 0 amide bonds. The number of carboxylic acids is 1. The second-order valence-corrected chi connectivity index (χ2v) is 4.61. The first-order chi connectivity index (χ1) is 6.63. The van der Waals surface area contributed by atoms with E-state index in [0.717, 1.165) is 0 Å². The van der Waals surface area contributed by atoms with Crippen LogP contribution in [0.5, 0.6) is 0 Å².